The van der Waals surface area contributed by atoms with Gasteiger partial charge in [0.2, 0.25) is 10.0 Å². The summed E-state index contributed by atoms with van der Waals surface area (Å²) in [5.41, 5.74) is 0.510. The molecule has 0 aliphatic carbocycles. The van der Waals surface area contributed by atoms with Crippen molar-refractivity contribution in [1.29, 1.82) is 0 Å². The van der Waals surface area contributed by atoms with Gasteiger partial charge in [-0.1, -0.05) is 60.4 Å². The average Bonchev–Trinajstić information content (AvgIpc) is 2.66. The SMILES string of the molecule is O=S(=O)(Cc1ccc(F)cc1)NCC#CCOc1cccc2ccccc12. The van der Waals surface area contributed by atoms with E-state index in [1.807, 2.05) is 42.5 Å². The van der Waals surface area contributed by atoms with Crippen LogP contribution in [0.25, 0.3) is 10.8 Å². The molecule has 138 valence electrons. The lowest BCUT2D eigenvalue weighted by atomic mass is 10.1. The number of sulfonamides is 1. The molecule has 4 nitrogen and oxygen atoms in total. The molecule has 3 aromatic carbocycles. The second kappa shape index (κ2) is 8.67. The molecule has 3 rings (SSSR count). The Bertz CT molecular complexity index is 1080. The summed E-state index contributed by atoms with van der Waals surface area (Å²) < 4.78 is 44.9. The Kier molecular flexibility index (Phi) is 6.07. The summed E-state index contributed by atoms with van der Waals surface area (Å²) in [5, 5.41) is 2.08. The summed E-state index contributed by atoms with van der Waals surface area (Å²) in [6, 6.07) is 19.0. The van der Waals surface area contributed by atoms with Crippen LogP contribution in [0.3, 0.4) is 0 Å². The Hall–Kier alpha value is -2.88. The van der Waals surface area contributed by atoms with E-state index in [9.17, 15) is 12.8 Å². The predicted molar refractivity (Wildman–Crippen MR) is 104 cm³/mol. The van der Waals surface area contributed by atoms with Gasteiger partial charge in [0.15, 0.2) is 0 Å². The molecule has 0 unspecified atom stereocenters. The molecule has 0 atom stereocenters. The number of hydrogen-bond donors (Lipinski definition) is 1. The third kappa shape index (κ3) is 5.55. The topological polar surface area (TPSA) is 55.4 Å². The maximum atomic E-state index is 12.9. The van der Waals surface area contributed by atoms with Crippen LogP contribution >= 0.6 is 0 Å². The molecule has 0 radical (unpaired) electrons. The van der Waals surface area contributed by atoms with E-state index in [1.165, 1.54) is 24.3 Å². The molecule has 0 heterocycles. The lowest BCUT2D eigenvalue weighted by Crippen LogP contribution is -2.25. The highest BCUT2D eigenvalue weighted by Crippen LogP contribution is 2.24. The fourth-order valence-corrected chi connectivity index (χ4v) is 3.57. The normalized spacial score (nSPS) is 11.0. The minimum absolute atomic E-state index is 0.0115. The molecule has 0 amide bonds. The van der Waals surface area contributed by atoms with E-state index in [2.05, 4.69) is 16.6 Å². The van der Waals surface area contributed by atoms with E-state index in [4.69, 9.17) is 4.74 Å². The minimum Gasteiger partial charge on any atom is -0.480 e. The van der Waals surface area contributed by atoms with Gasteiger partial charge in [0.05, 0.1) is 12.3 Å². The number of fused-ring (bicyclic) bond motifs is 1. The lowest BCUT2D eigenvalue weighted by molar-refractivity contribution is 0.374. The molecule has 0 saturated heterocycles. The molecule has 3 aromatic rings. The van der Waals surface area contributed by atoms with Gasteiger partial charge in [-0.15, -0.1) is 0 Å². The van der Waals surface area contributed by atoms with E-state index >= 15 is 0 Å². The van der Waals surface area contributed by atoms with Crippen LogP contribution in [0.15, 0.2) is 66.7 Å². The molecule has 0 saturated carbocycles. The fourth-order valence-electron chi connectivity index (χ4n) is 2.55. The average molecular weight is 383 g/mol. The first-order valence-electron chi connectivity index (χ1n) is 8.31. The third-order valence-electron chi connectivity index (χ3n) is 3.82. The van der Waals surface area contributed by atoms with Crippen molar-refractivity contribution in [3.05, 3.63) is 78.1 Å². The molecule has 27 heavy (non-hydrogen) atoms. The van der Waals surface area contributed by atoms with Crippen molar-refractivity contribution in [2.24, 2.45) is 0 Å². The number of benzene rings is 3. The first kappa shape index (κ1) is 18.9. The highest BCUT2D eigenvalue weighted by molar-refractivity contribution is 7.88. The van der Waals surface area contributed by atoms with Crippen molar-refractivity contribution >= 4 is 20.8 Å². The van der Waals surface area contributed by atoms with Crippen molar-refractivity contribution in [2.45, 2.75) is 5.75 Å². The van der Waals surface area contributed by atoms with Gasteiger partial charge >= 0.3 is 0 Å². The number of hydrogen-bond acceptors (Lipinski definition) is 3. The van der Waals surface area contributed by atoms with E-state index < -0.39 is 15.8 Å². The molecular formula is C21H18FNO3S. The van der Waals surface area contributed by atoms with E-state index in [1.54, 1.807) is 0 Å². The van der Waals surface area contributed by atoms with Crippen LogP contribution in [0.4, 0.5) is 4.39 Å². The van der Waals surface area contributed by atoms with Crippen LogP contribution in [0, 0.1) is 17.7 Å². The van der Waals surface area contributed by atoms with E-state index in [-0.39, 0.29) is 18.9 Å². The van der Waals surface area contributed by atoms with E-state index in [0.717, 1.165) is 16.5 Å². The largest absolute Gasteiger partial charge is 0.480 e. The van der Waals surface area contributed by atoms with Crippen molar-refractivity contribution in [3.63, 3.8) is 0 Å². The van der Waals surface area contributed by atoms with Crippen LogP contribution < -0.4 is 9.46 Å². The molecule has 0 aliphatic rings. The first-order valence-corrected chi connectivity index (χ1v) is 9.97. The first-order chi connectivity index (χ1) is 13.0. The van der Waals surface area contributed by atoms with Gasteiger partial charge in [-0.25, -0.2) is 17.5 Å². The third-order valence-corrected chi connectivity index (χ3v) is 5.12. The maximum absolute atomic E-state index is 12.9. The van der Waals surface area contributed by atoms with Gasteiger partial charge in [0.25, 0.3) is 0 Å². The van der Waals surface area contributed by atoms with Crippen LogP contribution in [0.1, 0.15) is 5.56 Å². The second-order valence-corrected chi connectivity index (χ2v) is 7.63. The smallest absolute Gasteiger partial charge is 0.216 e. The van der Waals surface area contributed by atoms with Gasteiger partial charge in [-0.05, 0) is 29.1 Å². The molecule has 0 bridgehead atoms. The zero-order valence-corrected chi connectivity index (χ0v) is 15.3. The Morgan fingerprint density at radius 2 is 1.67 bits per heavy atom. The standard InChI is InChI=1S/C21H18FNO3S/c22-19-12-10-17(11-13-19)16-27(24,25)23-14-3-4-15-26-21-9-5-7-18-6-1-2-8-20(18)21/h1-2,5-13,23H,14-16H2. The molecule has 0 spiro atoms. The summed E-state index contributed by atoms with van der Waals surface area (Å²) in [6.07, 6.45) is 0. The van der Waals surface area contributed by atoms with Crippen LogP contribution in [-0.4, -0.2) is 21.6 Å². The highest BCUT2D eigenvalue weighted by atomic mass is 32.2. The van der Waals surface area contributed by atoms with Crippen molar-refractivity contribution in [3.8, 4) is 17.6 Å². The quantitative estimate of drug-likeness (QED) is 0.663. The van der Waals surface area contributed by atoms with Crippen LogP contribution in [0.2, 0.25) is 0 Å². The zero-order valence-electron chi connectivity index (χ0n) is 14.5. The number of ether oxygens (including phenoxy) is 1. The van der Waals surface area contributed by atoms with E-state index in [0.29, 0.717) is 5.56 Å². The molecule has 1 N–H and O–H groups in total. The lowest BCUT2D eigenvalue weighted by Gasteiger charge is -2.06. The zero-order chi connectivity index (χ0) is 19.1. The minimum atomic E-state index is -3.53. The summed E-state index contributed by atoms with van der Waals surface area (Å²) in [7, 11) is -3.53. The van der Waals surface area contributed by atoms with Crippen molar-refractivity contribution < 1.29 is 17.5 Å². The molecule has 6 heteroatoms. The monoisotopic (exact) mass is 383 g/mol. The van der Waals surface area contributed by atoms with Gasteiger partial charge in [0.1, 0.15) is 18.2 Å². The van der Waals surface area contributed by atoms with Gasteiger partial charge in [-0.3, -0.25) is 0 Å². The highest BCUT2D eigenvalue weighted by Gasteiger charge is 2.10. The van der Waals surface area contributed by atoms with Crippen molar-refractivity contribution in [1.82, 2.24) is 4.72 Å². The molecular weight excluding hydrogens is 365 g/mol. The molecule has 0 fully saturated rings. The Balaban J connectivity index is 1.49. The maximum Gasteiger partial charge on any atom is 0.216 e. The van der Waals surface area contributed by atoms with Crippen LogP contribution in [0.5, 0.6) is 5.75 Å². The summed E-state index contributed by atoms with van der Waals surface area (Å²) in [5.74, 6) is 5.64. The Morgan fingerprint density at radius 3 is 2.48 bits per heavy atom. The summed E-state index contributed by atoms with van der Waals surface area (Å²) in [4.78, 5) is 0. The predicted octanol–water partition coefficient (Wildman–Crippen LogP) is 3.48. The van der Waals surface area contributed by atoms with Gasteiger partial charge in [0, 0.05) is 5.39 Å². The number of rotatable bonds is 6. The Morgan fingerprint density at radius 1 is 0.926 bits per heavy atom. The summed E-state index contributed by atoms with van der Waals surface area (Å²) in [6.45, 7) is 0.149. The summed E-state index contributed by atoms with van der Waals surface area (Å²) >= 11 is 0. The molecule has 0 aromatic heterocycles. The number of halogens is 1. The van der Waals surface area contributed by atoms with Crippen molar-refractivity contribution in [2.75, 3.05) is 13.2 Å². The van der Waals surface area contributed by atoms with Crippen LogP contribution in [-0.2, 0) is 15.8 Å². The Labute approximate surface area is 158 Å². The van der Waals surface area contributed by atoms with Gasteiger partial charge in [-0.2, -0.15) is 0 Å². The fraction of sp³-hybridized carbons (Fsp3) is 0.143. The van der Waals surface area contributed by atoms with Gasteiger partial charge < -0.3 is 4.74 Å². The second-order valence-electron chi connectivity index (χ2n) is 5.83. The molecule has 0 aliphatic heterocycles. The number of nitrogens with one attached hydrogen (secondary N) is 1.